The monoisotopic (exact) mass is 496 g/mol. The van der Waals surface area contributed by atoms with Crippen molar-refractivity contribution in [1.29, 1.82) is 0 Å². The lowest BCUT2D eigenvalue weighted by molar-refractivity contribution is -0.150. The minimum atomic E-state index is -1.23. The highest BCUT2D eigenvalue weighted by Gasteiger charge is 2.54. The number of rotatable bonds is 7. The van der Waals surface area contributed by atoms with Crippen LogP contribution in [-0.2, 0) is 21.4 Å². The Morgan fingerprint density at radius 2 is 2.22 bits per heavy atom. The molecule has 4 heterocycles. The second kappa shape index (κ2) is 8.87. The number of carboxylic acids is 1. The van der Waals surface area contributed by atoms with E-state index in [2.05, 4.69) is 31.0 Å². The smallest absolute Gasteiger partial charge is 0.352 e. The van der Waals surface area contributed by atoms with E-state index in [0.29, 0.717) is 27.2 Å². The minimum Gasteiger partial charge on any atom is -0.477 e. The lowest BCUT2D eigenvalue weighted by atomic mass is 10.0. The van der Waals surface area contributed by atoms with Crippen molar-refractivity contribution in [2.24, 2.45) is 12.2 Å². The van der Waals surface area contributed by atoms with Crippen molar-refractivity contribution >= 4 is 58.4 Å². The fourth-order valence-electron chi connectivity index (χ4n) is 3.18. The number of aliphatic carboxylic acids is 1. The molecular weight excluding hydrogens is 480 g/mol. The molecule has 0 saturated carbocycles. The first-order valence-corrected chi connectivity index (χ1v) is 11.9. The molecule has 1 fully saturated rings. The van der Waals surface area contributed by atoms with Crippen LogP contribution in [0, 0.1) is 6.92 Å². The van der Waals surface area contributed by atoms with Gasteiger partial charge in [0.25, 0.3) is 11.8 Å². The molecule has 13 nitrogen and oxygen atoms in total. The standard InChI is InChI=1S/C16H16N8O5S3/c1-6-17-8(5-30-6)9(20-29)12(25)18-10-13(26)24-11(15(27)28)7(3-31-14(10)24)4-32-16-19-21-22-23(16)2/h5,10,14,29H,3-4H2,1-2H3,(H,18,25)(H,27,28)/t10?,14-/m0/s1. The van der Waals surface area contributed by atoms with Crippen molar-refractivity contribution in [2.45, 2.75) is 23.5 Å². The molecule has 0 aliphatic carbocycles. The topological polar surface area (TPSA) is 176 Å². The van der Waals surface area contributed by atoms with Crippen LogP contribution in [0.25, 0.3) is 0 Å². The Hall–Kier alpha value is -2.98. The van der Waals surface area contributed by atoms with Crippen LogP contribution in [0.2, 0.25) is 0 Å². The van der Waals surface area contributed by atoms with Gasteiger partial charge in [0.1, 0.15) is 22.8 Å². The highest BCUT2D eigenvalue weighted by Crippen LogP contribution is 2.41. The fraction of sp³-hybridized carbons (Fsp3) is 0.375. The Kier molecular flexibility index (Phi) is 6.16. The van der Waals surface area contributed by atoms with E-state index < -0.39 is 29.2 Å². The van der Waals surface area contributed by atoms with E-state index in [9.17, 15) is 24.7 Å². The van der Waals surface area contributed by atoms with Crippen LogP contribution in [0.1, 0.15) is 10.7 Å². The third-order valence-electron chi connectivity index (χ3n) is 4.67. The number of oxime groups is 1. The zero-order chi connectivity index (χ0) is 23.0. The van der Waals surface area contributed by atoms with Gasteiger partial charge in [0.2, 0.25) is 5.16 Å². The van der Waals surface area contributed by atoms with Gasteiger partial charge in [-0.15, -0.1) is 28.2 Å². The molecule has 3 N–H and O–H groups in total. The second-order valence-corrected chi connectivity index (χ2v) is 9.80. The van der Waals surface area contributed by atoms with Crippen molar-refractivity contribution in [3.05, 3.63) is 27.4 Å². The van der Waals surface area contributed by atoms with Crippen LogP contribution >= 0.6 is 34.9 Å². The molecule has 0 bridgehead atoms. The first kappa shape index (κ1) is 22.2. The SMILES string of the molecule is Cc1nc(C(=NO)C(=O)NC2C(=O)N3C(C(=O)O)=C(CSc4nnnn4C)CS[C@@H]23)cs1. The van der Waals surface area contributed by atoms with E-state index in [-0.39, 0.29) is 17.1 Å². The highest BCUT2D eigenvalue weighted by molar-refractivity contribution is 8.01. The molecule has 2 aliphatic rings. The van der Waals surface area contributed by atoms with Gasteiger partial charge < -0.3 is 15.6 Å². The van der Waals surface area contributed by atoms with Gasteiger partial charge in [0, 0.05) is 23.9 Å². The summed E-state index contributed by atoms with van der Waals surface area (Å²) in [7, 11) is 1.67. The number of amides is 2. The zero-order valence-corrected chi connectivity index (χ0v) is 19.1. The summed E-state index contributed by atoms with van der Waals surface area (Å²) < 4.78 is 1.47. The number of carbonyl (C=O) groups excluding carboxylic acids is 2. The Morgan fingerprint density at radius 3 is 2.81 bits per heavy atom. The maximum atomic E-state index is 12.8. The summed E-state index contributed by atoms with van der Waals surface area (Å²) in [5, 5.41) is 37.8. The van der Waals surface area contributed by atoms with Crippen molar-refractivity contribution in [3.8, 4) is 0 Å². The number of carboxylic acid groups (broad SMARTS) is 1. The molecular formula is C16H16N8O5S3. The Bertz CT molecular complexity index is 1160. The number of aryl methyl sites for hydroxylation is 2. The molecule has 0 aromatic carbocycles. The summed E-state index contributed by atoms with van der Waals surface area (Å²) >= 11 is 3.88. The molecule has 32 heavy (non-hydrogen) atoms. The first-order valence-electron chi connectivity index (χ1n) is 9.02. The number of fused-ring (bicyclic) bond motifs is 1. The predicted octanol–water partition coefficient (Wildman–Crippen LogP) is -0.316. The Balaban J connectivity index is 1.48. The summed E-state index contributed by atoms with van der Waals surface area (Å²) in [6, 6.07) is -0.949. The number of thioether (sulfide) groups is 2. The lowest BCUT2D eigenvalue weighted by Crippen LogP contribution is -2.71. The summed E-state index contributed by atoms with van der Waals surface area (Å²) in [6.45, 7) is 1.74. The minimum absolute atomic E-state index is 0.0990. The number of nitrogens with zero attached hydrogens (tertiary/aromatic N) is 7. The van der Waals surface area contributed by atoms with Crippen LogP contribution in [0.5, 0.6) is 0 Å². The second-order valence-electron chi connectivity index (χ2n) is 6.69. The van der Waals surface area contributed by atoms with Crippen molar-refractivity contribution in [3.63, 3.8) is 0 Å². The van der Waals surface area contributed by atoms with Crippen LogP contribution in [0.4, 0.5) is 0 Å². The summed E-state index contributed by atoms with van der Waals surface area (Å²) in [5.74, 6) is -1.90. The van der Waals surface area contributed by atoms with E-state index in [1.807, 2.05) is 0 Å². The first-order chi connectivity index (χ1) is 15.3. The van der Waals surface area contributed by atoms with E-state index in [1.165, 1.54) is 44.4 Å². The maximum Gasteiger partial charge on any atom is 0.352 e. The average molecular weight is 497 g/mol. The van der Waals surface area contributed by atoms with Crippen molar-refractivity contribution in [1.82, 2.24) is 35.4 Å². The number of hydrogen-bond donors (Lipinski definition) is 3. The molecule has 2 amide bonds. The molecule has 1 unspecified atom stereocenters. The molecule has 2 atom stereocenters. The zero-order valence-electron chi connectivity index (χ0n) is 16.6. The molecule has 2 aromatic rings. The van der Waals surface area contributed by atoms with Crippen LogP contribution in [0.3, 0.4) is 0 Å². The van der Waals surface area contributed by atoms with E-state index >= 15 is 0 Å². The van der Waals surface area contributed by atoms with Gasteiger partial charge in [-0.2, -0.15) is 0 Å². The molecule has 16 heteroatoms. The van der Waals surface area contributed by atoms with Crippen LogP contribution in [-0.4, -0.2) is 86.8 Å². The van der Waals surface area contributed by atoms with Crippen LogP contribution in [0.15, 0.2) is 27.0 Å². The molecule has 4 rings (SSSR count). The number of nitrogens with one attached hydrogen (secondary N) is 1. The summed E-state index contributed by atoms with van der Waals surface area (Å²) in [5.41, 5.74) is 0.333. The molecule has 2 aliphatic heterocycles. The lowest BCUT2D eigenvalue weighted by Gasteiger charge is -2.49. The number of carbonyl (C=O) groups is 3. The van der Waals surface area contributed by atoms with Gasteiger partial charge in [-0.05, 0) is 22.9 Å². The molecule has 1 saturated heterocycles. The third-order valence-corrected chi connectivity index (χ3v) is 7.88. The number of hydrogen-bond acceptors (Lipinski definition) is 12. The van der Waals surface area contributed by atoms with Gasteiger partial charge >= 0.3 is 5.97 Å². The number of tetrazole rings is 1. The Labute approximate surface area is 192 Å². The van der Waals surface area contributed by atoms with Gasteiger partial charge in [0.05, 0.1) is 5.01 Å². The number of β-lactam (4-membered cyclic amide) rings is 1. The van der Waals surface area contributed by atoms with Crippen molar-refractivity contribution in [2.75, 3.05) is 11.5 Å². The molecule has 0 radical (unpaired) electrons. The number of thiazole rings is 1. The van der Waals surface area contributed by atoms with E-state index in [4.69, 9.17) is 0 Å². The quantitative estimate of drug-likeness (QED) is 0.151. The fourth-order valence-corrected chi connectivity index (χ4v) is 6.12. The Morgan fingerprint density at radius 1 is 1.44 bits per heavy atom. The predicted molar refractivity (Wildman–Crippen MR) is 114 cm³/mol. The van der Waals surface area contributed by atoms with E-state index in [1.54, 1.807) is 19.4 Å². The van der Waals surface area contributed by atoms with Crippen LogP contribution < -0.4 is 5.32 Å². The molecule has 168 valence electrons. The van der Waals surface area contributed by atoms with Gasteiger partial charge in [-0.25, -0.2) is 14.5 Å². The molecule has 2 aromatic heterocycles. The largest absolute Gasteiger partial charge is 0.477 e. The highest BCUT2D eigenvalue weighted by atomic mass is 32.2. The summed E-state index contributed by atoms with van der Waals surface area (Å²) in [6.07, 6.45) is 0. The normalized spacial score (nSPS) is 20.8. The van der Waals surface area contributed by atoms with Crippen molar-refractivity contribution < 1.29 is 24.7 Å². The van der Waals surface area contributed by atoms with Gasteiger partial charge in [0.15, 0.2) is 5.71 Å². The molecule has 0 spiro atoms. The van der Waals surface area contributed by atoms with E-state index in [0.717, 1.165) is 0 Å². The number of aromatic nitrogens is 5. The third kappa shape index (κ3) is 3.95. The van der Waals surface area contributed by atoms with Gasteiger partial charge in [-0.3, -0.25) is 14.5 Å². The summed E-state index contributed by atoms with van der Waals surface area (Å²) in [4.78, 5) is 42.6. The van der Waals surface area contributed by atoms with Gasteiger partial charge in [-0.1, -0.05) is 16.9 Å². The maximum absolute atomic E-state index is 12.8. The average Bonchev–Trinajstić information content (AvgIpc) is 3.37.